The summed E-state index contributed by atoms with van der Waals surface area (Å²) in [5.74, 6) is -0.842. The van der Waals surface area contributed by atoms with E-state index in [4.69, 9.17) is 17.3 Å². The summed E-state index contributed by atoms with van der Waals surface area (Å²) in [6, 6.07) is 3.43. The van der Waals surface area contributed by atoms with E-state index in [2.05, 4.69) is 26.6 Å². The third kappa shape index (κ3) is 6.08. The van der Waals surface area contributed by atoms with Gasteiger partial charge < -0.3 is 15.8 Å². The van der Waals surface area contributed by atoms with E-state index < -0.39 is 18.0 Å². The number of benzene rings is 1. The summed E-state index contributed by atoms with van der Waals surface area (Å²) in [5, 5.41) is 2.68. The highest BCUT2D eigenvalue weighted by molar-refractivity contribution is 6.33. The Balaban J connectivity index is 2.23. The second-order valence-corrected chi connectivity index (χ2v) is 6.00. The van der Waals surface area contributed by atoms with Gasteiger partial charge in [-0.1, -0.05) is 30.3 Å². The molecule has 0 bridgehead atoms. The zero-order valence-corrected chi connectivity index (χ0v) is 15.9. The molecule has 6 nitrogen and oxygen atoms in total. The number of rotatable bonds is 6. The first-order valence-electron chi connectivity index (χ1n) is 8.05. The van der Waals surface area contributed by atoms with Crippen LogP contribution in [-0.4, -0.2) is 22.2 Å². The SMILES string of the molecule is C=C/C=C(C)\C(=C/N)C(=O)Nc1cnc(-c2cc(OC(F)(F)F)ccc2Cl)cn1. The number of nitrogens with two attached hydrogens (primary N) is 1. The number of alkyl halides is 3. The number of hydrogen-bond donors (Lipinski definition) is 2. The van der Waals surface area contributed by atoms with Gasteiger partial charge in [-0.05, 0) is 30.7 Å². The lowest BCUT2D eigenvalue weighted by Crippen LogP contribution is -2.17. The van der Waals surface area contributed by atoms with Crippen LogP contribution in [0.5, 0.6) is 5.75 Å². The van der Waals surface area contributed by atoms with Crippen molar-refractivity contribution in [2.24, 2.45) is 5.73 Å². The van der Waals surface area contributed by atoms with Crippen molar-refractivity contribution < 1.29 is 22.7 Å². The molecule has 152 valence electrons. The van der Waals surface area contributed by atoms with Crippen LogP contribution >= 0.6 is 11.6 Å². The molecular formula is C19H16ClF3N4O2. The number of nitrogens with zero attached hydrogens (tertiary/aromatic N) is 2. The number of halogens is 4. The van der Waals surface area contributed by atoms with Crippen LogP contribution in [0.1, 0.15) is 6.92 Å². The van der Waals surface area contributed by atoms with E-state index in [0.717, 1.165) is 18.3 Å². The lowest BCUT2D eigenvalue weighted by atomic mass is 10.1. The summed E-state index contributed by atoms with van der Waals surface area (Å²) in [4.78, 5) is 20.4. The predicted molar refractivity (Wildman–Crippen MR) is 104 cm³/mol. The lowest BCUT2D eigenvalue weighted by molar-refractivity contribution is -0.274. The Morgan fingerprint density at radius 2 is 2.03 bits per heavy atom. The van der Waals surface area contributed by atoms with Crippen LogP contribution in [0.15, 0.2) is 66.7 Å². The summed E-state index contributed by atoms with van der Waals surface area (Å²) < 4.78 is 41.1. The molecule has 3 N–H and O–H groups in total. The molecule has 10 heteroatoms. The number of aromatic nitrogens is 2. The standard InChI is InChI=1S/C19H16ClF3N4O2/c1-3-4-11(2)14(8-24)18(28)27-17-10-25-16(9-26-17)13-7-12(5-6-15(13)20)29-19(21,22)23/h3-10H,1,24H2,2H3,(H,26,27,28)/b11-4-,14-8+. The average molecular weight is 425 g/mol. The number of allylic oxidation sites excluding steroid dienone is 2. The van der Waals surface area contributed by atoms with Gasteiger partial charge in [-0.3, -0.25) is 9.78 Å². The smallest absolute Gasteiger partial charge is 0.406 e. The van der Waals surface area contributed by atoms with Crippen molar-refractivity contribution in [1.29, 1.82) is 0 Å². The van der Waals surface area contributed by atoms with Gasteiger partial charge in [0.05, 0.1) is 28.7 Å². The number of carbonyl (C=O) groups excluding carboxylic acids is 1. The number of carbonyl (C=O) groups is 1. The van der Waals surface area contributed by atoms with Crippen LogP contribution in [-0.2, 0) is 4.79 Å². The van der Waals surface area contributed by atoms with E-state index in [0.29, 0.717) is 5.57 Å². The van der Waals surface area contributed by atoms with E-state index in [-0.39, 0.29) is 27.7 Å². The zero-order valence-electron chi connectivity index (χ0n) is 15.1. The van der Waals surface area contributed by atoms with Gasteiger partial charge in [0.25, 0.3) is 5.91 Å². The molecule has 1 heterocycles. The third-order valence-electron chi connectivity index (χ3n) is 3.54. The maximum atomic E-state index is 12.4. The molecular weight excluding hydrogens is 409 g/mol. The van der Waals surface area contributed by atoms with Gasteiger partial charge in [-0.25, -0.2) is 4.98 Å². The van der Waals surface area contributed by atoms with E-state index in [9.17, 15) is 18.0 Å². The maximum Gasteiger partial charge on any atom is 0.573 e. The Labute approximate surface area is 169 Å². The van der Waals surface area contributed by atoms with E-state index in [1.165, 1.54) is 24.5 Å². The fraction of sp³-hybridized carbons (Fsp3) is 0.105. The number of amides is 1. The average Bonchev–Trinajstić information content (AvgIpc) is 2.64. The number of ether oxygens (including phenoxy) is 1. The number of anilines is 1. The van der Waals surface area contributed by atoms with Gasteiger partial charge in [-0.2, -0.15) is 0 Å². The topological polar surface area (TPSA) is 90.1 Å². The van der Waals surface area contributed by atoms with Crippen molar-refractivity contribution >= 4 is 23.3 Å². The molecule has 2 rings (SSSR count). The van der Waals surface area contributed by atoms with Crippen LogP contribution in [0.3, 0.4) is 0 Å². The lowest BCUT2D eigenvalue weighted by Gasteiger charge is -2.11. The Morgan fingerprint density at radius 1 is 1.31 bits per heavy atom. The molecule has 0 aliphatic carbocycles. The Morgan fingerprint density at radius 3 is 2.59 bits per heavy atom. The summed E-state index contributed by atoms with van der Waals surface area (Å²) in [7, 11) is 0. The molecule has 2 aromatic rings. The van der Waals surface area contributed by atoms with Crippen molar-refractivity contribution in [2.45, 2.75) is 13.3 Å². The Bertz CT molecular complexity index is 970. The molecule has 0 spiro atoms. The van der Waals surface area contributed by atoms with Crippen LogP contribution in [0, 0.1) is 0 Å². The van der Waals surface area contributed by atoms with Crippen molar-refractivity contribution in [3.05, 3.63) is 71.7 Å². The highest BCUT2D eigenvalue weighted by atomic mass is 35.5. The normalized spacial score (nSPS) is 12.4. The predicted octanol–water partition coefficient (Wildman–Crippen LogP) is 4.61. The first-order valence-corrected chi connectivity index (χ1v) is 8.43. The second kappa shape index (κ2) is 9.24. The second-order valence-electron chi connectivity index (χ2n) is 5.60. The molecule has 29 heavy (non-hydrogen) atoms. The third-order valence-corrected chi connectivity index (χ3v) is 3.87. The van der Waals surface area contributed by atoms with E-state index >= 15 is 0 Å². The van der Waals surface area contributed by atoms with Crippen LogP contribution in [0.25, 0.3) is 11.3 Å². The fourth-order valence-electron chi connectivity index (χ4n) is 2.27. The molecule has 1 amide bonds. The fourth-order valence-corrected chi connectivity index (χ4v) is 2.48. The van der Waals surface area contributed by atoms with Gasteiger partial charge in [-0.15, -0.1) is 13.2 Å². The molecule has 1 aromatic carbocycles. The van der Waals surface area contributed by atoms with Gasteiger partial charge in [0.15, 0.2) is 5.82 Å². The first kappa shape index (κ1) is 22.0. The molecule has 0 atom stereocenters. The van der Waals surface area contributed by atoms with Crippen LogP contribution in [0.4, 0.5) is 19.0 Å². The molecule has 0 radical (unpaired) electrons. The minimum atomic E-state index is -4.84. The zero-order chi connectivity index (χ0) is 21.6. The van der Waals surface area contributed by atoms with Crippen molar-refractivity contribution in [2.75, 3.05) is 5.32 Å². The minimum Gasteiger partial charge on any atom is -0.406 e. The van der Waals surface area contributed by atoms with E-state index in [1.807, 2.05) is 0 Å². The van der Waals surface area contributed by atoms with Gasteiger partial charge >= 0.3 is 6.36 Å². The summed E-state index contributed by atoms with van der Waals surface area (Å²) in [6.07, 6.45) is 1.94. The molecule has 0 unspecified atom stereocenters. The first-order chi connectivity index (χ1) is 13.6. The largest absolute Gasteiger partial charge is 0.573 e. The van der Waals surface area contributed by atoms with Crippen LogP contribution < -0.4 is 15.8 Å². The van der Waals surface area contributed by atoms with Crippen molar-refractivity contribution in [3.8, 4) is 17.0 Å². The minimum absolute atomic E-state index is 0.114. The summed E-state index contributed by atoms with van der Waals surface area (Å²) in [6.45, 7) is 5.24. The summed E-state index contributed by atoms with van der Waals surface area (Å²) >= 11 is 6.04. The van der Waals surface area contributed by atoms with Crippen molar-refractivity contribution in [3.63, 3.8) is 0 Å². The van der Waals surface area contributed by atoms with E-state index in [1.54, 1.807) is 13.0 Å². The van der Waals surface area contributed by atoms with Gasteiger partial charge in [0.2, 0.25) is 0 Å². The number of nitrogens with one attached hydrogen (secondary N) is 1. The highest BCUT2D eigenvalue weighted by Crippen LogP contribution is 2.32. The number of hydrogen-bond acceptors (Lipinski definition) is 5. The Kier molecular flexibility index (Phi) is 7.00. The molecule has 1 aromatic heterocycles. The molecule has 0 fully saturated rings. The maximum absolute atomic E-state index is 12.4. The van der Waals surface area contributed by atoms with Crippen molar-refractivity contribution in [1.82, 2.24) is 9.97 Å². The molecule has 0 saturated heterocycles. The van der Waals surface area contributed by atoms with Gasteiger partial charge in [0.1, 0.15) is 5.75 Å². The molecule has 0 saturated carbocycles. The molecule has 0 aliphatic rings. The van der Waals surface area contributed by atoms with Gasteiger partial charge in [0, 0.05) is 11.8 Å². The highest BCUT2D eigenvalue weighted by Gasteiger charge is 2.31. The summed E-state index contributed by atoms with van der Waals surface area (Å²) in [5.41, 5.74) is 6.68. The molecule has 0 aliphatic heterocycles. The Hall–Kier alpha value is -3.33. The van der Waals surface area contributed by atoms with Crippen LogP contribution in [0.2, 0.25) is 5.02 Å². The quantitative estimate of drug-likeness (QED) is 0.522. The monoisotopic (exact) mass is 424 g/mol.